The fourth-order valence-electron chi connectivity index (χ4n) is 1.84. The van der Waals surface area contributed by atoms with E-state index >= 15 is 0 Å². The molecular weight excluding hydrogens is 284 g/mol. The van der Waals surface area contributed by atoms with Crippen LogP contribution in [0.15, 0.2) is 24.3 Å². The Morgan fingerprint density at radius 2 is 2.05 bits per heavy atom. The molecule has 0 aliphatic heterocycles. The van der Waals surface area contributed by atoms with Gasteiger partial charge in [0, 0.05) is 24.1 Å². The van der Waals surface area contributed by atoms with Gasteiger partial charge in [-0.15, -0.1) is 0 Å². The molecule has 0 heterocycles. The minimum Gasteiger partial charge on any atom is -0.368 e. The van der Waals surface area contributed by atoms with Crippen molar-refractivity contribution in [3.05, 3.63) is 29.8 Å². The van der Waals surface area contributed by atoms with Crippen molar-refractivity contribution < 1.29 is 14.4 Å². The molecule has 22 heavy (non-hydrogen) atoms. The molecule has 0 spiro atoms. The number of primary amides is 1. The zero-order valence-corrected chi connectivity index (χ0v) is 12.4. The smallest absolute Gasteiger partial charge is 0.252 e. The first-order chi connectivity index (χ1) is 10.3. The van der Waals surface area contributed by atoms with Gasteiger partial charge in [-0.1, -0.05) is 6.07 Å². The second-order valence-corrected chi connectivity index (χ2v) is 4.96. The van der Waals surface area contributed by atoms with Crippen molar-refractivity contribution in [1.29, 1.82) is 5.26 Å². The van der Waals surface area contributed by atoms with Gasteiger partial charge < -0.3 is 16.4 Å². The van der Waals surface area contributed by atoms with Gasteiger partial charge in [-0.05, 0) is 31.5 Å². The lowest BCUT2D eigenvalue weighted by molar-refractivity contribution is -0.120. The minimum absolute atomic E-state index is 0.142. The third kappa shape index (κ3) is 5.25. The number of benzene rings is 1. The lowest BCUT2D eigenvalue weighted by Crippen LogP contribution is -2.45. The Morgan fingerprint density at radius 3 is 2.59 bits per heavy atom. The maximum Gasteiger partial charge on any atom is 0.252 e. The summed E-state index contributed by atoms with van der Waals surface area (Å²) in [7, 11) is 0. The molecule has 0 fully saturated rings. The summed E-state index contributed by atoms with van der Waals surface area (Å²) in [6.45, 7) is 3.00. The SMILES string of the molecule is CC(=O)Nc1cccc(C(=O)N[C@@H](C[C@H](C)C#N)C(N)=O)c1. The highest BCUT2D eigenvalue weighted by Crippen LogP contribution is 2.12. The van der Waals surface area contributed by atoms with Gasteiger partial charge in [0.1, 0.15) is 6.04 Å². The van der Waals surface area contributed by atoms with E-state index in [2.05, 4.69) is 10.6 Å². The molecule has 0 unspecified atom stereocenters. The molecule has 4 N–H and O–H groups in total. The minimum atomic E-state index is -0.924. The maximum absolute atomic E-state index is 12.2. The average molecular weight is 302 g/mol. The molecule has 3 amide bonds. The Morgan fingerprint density at radius 1 is 1.36 bits per heavy atom. The zero-order valence-electron chi connectivity index (χ0n) is 12.4. The summed E-state index contributed by atoms with van der Waals surface area (Å²) < 4.78 is 0. The molecule has 1 aromatic carbocycles. The first-order valence-electron chi connectivity index (χ1n) is 6.71. The fourth-order valence-corrected chi connectivity index (χ4v) is 1.84. The van der Waals surface area contributed by atoms with Crippen LogP contribution in [0.1, 0.15) is 30.6 Å². The third-order valence-electron chi connectivity index (χ3n) is 2.90. The maximum atomic E-state index is 12.2. The van der Waals surface area contributed by atoms with E-state index in [1.807, 2.05) is 6.07 Å². The number of nitrogens with one attached hydrogen (secondary N) is 2. The summed E-state index contributed by atoms with van der Waals surface area (Å²) in [5.41, 5.74) is 5.99. The lowest BCUT2D eigenvalue weighted by Gasteiger charge is -2.16. The molecule has 0 aromatic heterocycles. The van der Waals surface area contributed by atoms with Crippen LogP contribution in [0.5, 0.6) is 0 Å². The highest BCUT2D eigenvalue weighted by molar-refractivity contribution is 5.99. The van der Waals surface area contributed by atoms with Crippen LogP contribution in [-0.4, -0.2) is 23.8 Å². The van der Waals surface area contributed by atoms with Crippen molar-refractivity contribution in [2.24, 2.45) is 11.7 Å². The molecule has 7 heteroatoms. The van der Waals surface area contributed by atoms with Crippen LogP contribution in [0.2, 0.25) is 0 Å². The molecule has 0 radical (unpaired) electrons. The molecule has 0 aliphatic carbocycles. The Bertz CT molecular complexity index is 621. The monoisotopic (exact) mass is 302 g/mol. The first kappa shape index (κ1) is 17.2. The number of hydrogen-bond donors (Lipinski definition) is 3. The van der Waals surface area contributed by atoms with Crippen LogP contribution >= 0.6 is 0 Å². The fraction of sp³-hybridized carbons (Fsp3) is 0.333. The largest absolute Gasteiger partial charge is 0.368 e. The predicted molar refractivity (Wildman–Crippen MR) is 80.6 cm³/mol. The van der Waals surface area contributed by atoms with E-state index in [0.717, 1.165) is 0 Å². The average Bonchev–Trinajstić information content (AvgIpc) is 2.45. The predicted octanol–water partition coefficient (Wildman–Crippen LogP) is 0.778. The van der Waals surface area contributed by atoms with E-state index in [4.69, 9.17) is 11.0 Å². The molecule has 0 saturated heterocycles. The summed E-state index contributed by atoms with van der Waals surface area (Å²) in [5.74, 6) is -1.87. The highest BCUT2D eigenvalue weighted by atomic mass is 16.2. The summed E-state index contributed by atoms with van der Waals surface area (Å²) in [4.78, 5) is 34.5. The molecule has 1 rings (SSSR count). The number of carbonyl (C=O) groups excluding carboxylic acids is 3. The molecule has 0 bridgehead atoms. The second-order valence-electron chi connectivity index (χ2n) is 4.96. The molecule has 1 aromatic rings. The van der Waals surface area contributed by atoms with Crippen LogP contribution < -0.4 is 16.4 Å². The standard InChI is InChI=1S/C15H18N4O3/c1-9(8-16)6-13(14(17)21)19-15(22)11-4-3-5-12(7-11)18-10(2)20/h3-5,7,9,13H,6H2,1-2H3,(H2,17,21)(H,18,20)(H,19,22)/t9-,13-/m0/s1. The van der Waals surface area contributed by atoms with Crippen LogP contribution in [0.4, 0.5) is 5.69 Å². The van der Waals surface area contributed by atoms with Crippen molar-refractivity contribution in [3.63, 3.8) is 0 Å². The number of carbonyl (C=O) groups is 3. The molecule has 116 valence electrons. The van der Waals surface area contributed by atoms with Crippen molar-refractivity contribution in [1.82, 2.24) is 5.32 Å². The Hall–Kier alpha value is -2.88. The number of nitriles is 1. The van der Waals surface area contributed by atoms with Gasteiger partial charge in [0.25, 0.3) is 5.91 Å². The van der Waals surface area contributed by atoms with Crippen molar-refractivity contribution >= 4 is 23.4 Å². The van der Waals surface area contributed by atoms with Crippen molar-refractivity contribution in [2.45, 2.75) is 26.3 Å². The lowest BCUT2D eigenvalue weighted by atomic mass is 10.0. The molecule has 2 atom stereocenters. The number of nitrogens with two attached hydrogens (primary N) is 1. The van der Waals surface area contributed by atoms with Gasteiger partial charge in [-0.25, -0.2) is 0 Å². The quantitative estimate of drug-likeness (QED) is 0.717. The number of hydrogen-bond acceptors (Lipinski definition) is 4. The highest BCUT2D eigenvalue weighted by Gasteiger charge is 2.21. The number of anilines is 1. The molecule has 7 nitrogen and oxygen atoms in total. The number of amides is 3. The van der Waals surface area contributed by atoms with E-state index < -0.39 is 23.8 Å². The summed E-state index contributed by atoms with van der Waals surface area (Å²) in [5, 5.41) is 13.8. The summed E-state index contributed by atoms with van der Waals surface area (Å²) >= 11 is 0. The van der Waals surface area contributed by atoms with Gasteiger partial charge in [0.05, 0.1) is 6.07 Å². The molecular formula is C15H18N4O3. The summed E-state index contributed by atoms with van der Waals surface area (Å²) in [6, 6.07) is 7.35. The van der Waals surface area contributed by atoms with E-state index in [1.165, 1.54) is 13.0 Å². The first-order valence-corrected chi connectivity index (χ1v) is 6.71. The van der Waals surface area contributed by atoms with Crippen LogP contribution in [0.3, 0.4) is 0 Å². The van der Waals surface area contributed by atoms with Gasteiger partial charge in [-0.3, -0.25) is 14.4 Å². The second kappa shape index (κ2) is 7.78. The number of nitrogens with zero attached hydrogens (tertiary/aromatic N) is 1. The van der Waals surface area contributed by atoms with E-state index in [1.54, 1.807) is 25.1 Å². The van der Waals surface area contributed by atoms with E-state index in [9.17, 15) is 14.4 Å². The topological polar surface area (TPSA) is 125 Å². The molecule has 0 saturated carbocycles. The van der Waals surface area contributed by atoms with Crippen LogP contribution in [0, 0.1) is 17.2 Å². The summed E-state index contributed by atoms with van der Waals surface area (Å²) in [6.07, 6.45) is 0.142. The van der Waals surface area contributed by atoms with Gasteiger partial charge in [0.15, 0.2) is 0 Å². The normalized spacial score (nSPS) is 12.6. The Kier molecular flexibility index (Phi) is 6.08. The van der Waals surface area contributed by atoms with Crippen molar-refractivity contribution in [2.75, 3.05) is 5.32 Å². The zero-order chi connectivity index (χ0) is 16.7. The third-order valence-corrected chi connectivity index (χ3v) is 2.90. The van der Waals surface area contributed by atoms with Crippen LogP contribution in [-0.2, 0) is 9.59 Å². The van der Waals surface area contributed by atoms with E-state index in [0.29, 0.717) is 5.69 Å². The Labute approximate surface area is 128 Å². The number of rotatable bonds is 6. The molecule has 0 aliphatic rings. The Balaban J connectivity index is 2.84. The van der Waals surface area contributed by atoms with Gasteiger partial charge in [0.2, 0.25) is 11.8 Å². The van der Waals surface area contributed by atoms with Crippen LogP contribution in [0.25, 0.3) is 0 Å². The van der Waals surface area contributed by atoms with Gasteiger partial charge in [-0.2, -0.15) is 5.26 Å². The van der Waals surface area contributed by atoms with E-state index in [-0.39, 0.29) is 17.9 Å². The van der Waals surface area contributed by atoms with Crippen molar-refractivity contribution in [3.8, 4) is 6.07 Å². The van der Waals surface area contributed by atoms with Gasteiger partial charge >= 0.3 is 0 Å².